The molecule has 3 aromatic rings. The molecule has 0 bridgehead atoms. The molecule has 31 heavy (non-hydrogen) atoms. The summed E-state index contributed by atoms with van der Waals surface area (Å²) in [5.74, 6) is 1.06. The van der Waals surface area contributed by atoms with E-state index in [9.17, 15) is 13.6 Å². The summed E-state index contributed by atoms with van der Waals surface area (Å²) >= 11 is 5.88. The number of carbonyl (C=O) groups excluding carboxylic acids is 1. The van der Waals surface area contributed by atoms with Gasteiger partial charge in [0, 0.05) is 16.1 Å². The van der Waals surface area contributed by atoms with Crippen LogP contribution in [0.2, 0.25) is 5.02 Å². The van der Waals surface area contributed by atoms with Crippen LogP contribution >= 0.6 is 11.6 Å². The highest BCUT2D eigenvalue weighted by molar-refractivity contribution is 6.30. The average molecular weight is 445 g/mol. The Hall–Kier alpha value is -3.38. The van der Waals surface area contributed by atoms with E-state index < -0.39 is 6.61 Å². The van der Waals surface area contributed by atoms with Crippen molar-refractivity contribution in [3.8, 4) is 17.2 Å². The Morgan fingerprint density at radius 2 is 1.68 bits per heavy atom. The van der Waals surface area contributed by atoms with Crippen LogP contribution in [0.5, 0.6) is 17.2 Å². The number of ether oxygens (including phenoxy) is 3. The molecular formula is C24H19ClF2O4. The number of alkyl halides is 2. The minimum absolute atomic E-state index is 0.00369. The summed E-state index contributed by atoms with van der Waals surface area (Å²) in [4.78, 5) is 12.4. The van der Waals surface area contributed by atoms with Crippen LogP contribution in [0.25, 0.3) is 6.08 Å². The second kappa shape index (κ2) is 10.6. The van der Waals surface area contributed by atoms with Crippen LogP contribution < -0.4 is 14.2 Å². The number of hydrogen-bond donors (Lipinski definition) is 0. The van der Waals surface area contributed by atoms with E-state index in [1.807, 2.05) is 12.1 Å². The zero-order valence-corrected chi connectivity index (χ0v) is 17.3. The lowest BCUT2D eigenvalue weighted by Crippen LogP contribution is -2.02. The SMILES string of the molecule is COc1ccc(/C=C/C(=O)c2ccc(OC(F)F)cc2)cc1COc1ccc(Cl)cc1. The van der Waals surface area contributed by atoms with E-state index in [2.05, 4.69) is 4.74 Å². The summed E-state index contributed by atoms with van der Waals surface area (Å²) in [6.07, 6.45) is 3.08. The minimum atomic E-state index is -2.91. The smallest absolute Gasteiger partial charge is 0.387 e. The monoisotopic (exact) mass is 444 g/mol. The van der Waals surface area contributed by atoms with Crippen molar-refractivity contribution in [2.45, 2.75) is 13.2 Å². The van der Waals surface area contributed by atoms with E-state index in [4.69, 9.17) is 21.1 Å². The Balaban J connectivity index is 1.69. The molecule has 0 saturated carbocycles. The van der Waals surface area contributed by atoms with Crippen LogP contribution in [-0.2, 0) is 6.61 Å². The van der Waals surface area contributed by atoms with Crippen molar-refractivity contribution in [3.05, 3.63) is 94.5 Å². The number of rotatable bonds is 9. The topological polar surface area (TPSA) is 44.8 Å². The molecule has 7 heteroatoms. The summed E-state index contributed by atoms with van der Waals surface area (Å²) in [6, 6.07) is 18.0. The zero-order valence-electron chi connectivity index (χ0n) is 16.6. The predicted molar refractivity (Wildman–Crippen MR) is 115 cm³/mol. The molecule has 3 rings (SSSR count). The molecule has 0 atom stereocenters. The van der Waals surface area contributed by atoms with Crippen LogP contribution in [0.15, 0.2) is 72.8 Å². The van der Waals surface area contributed by atoms with Gasteiger partial charge in [0.2, 0.25) is 0 Å². The number of benzene rings is 3. The van der Waals surface area contributed by atoms with Gasteiger partial charge in [0.15, 0.2) is 5.78 Å². The first-order chi connectivity index (χ1) is 14.9. The van der Waals surface area contributed by atoms with Gasteiger partial charge in [0.25, 0.3) is 0 Å². The molecule has 160 valence electrons. The largest absolute Gasteiger partial charge is 0.496 e. The third-order valence-electron chi connectivity index (χ3n) is 4.30. The molecule has 0 amide bonds. The van der Waals surface area contributed by atoms with Gasteiger partial charge in [-0.3, -0.25) is 4.79 Å². The molecule has 0 radical (unpaired) electrons. The Kier molecular flexibility index (Phi) is 7.62. The first kappa shape index (κ1) is 22.3. The molecule has 0 N–H and O–H groups in total. The maximum atomic E-state index is 12.4. The number of halogens is 3. The highest BCUT2D eigenvalue weighted by Gasteiger charge is 2.08. The summed E-state index contributed by atoms with van der Waals surface area (Å²) in [5.41, 5.74) is 1.94. The fourth-order valence-corrected chi connectivity index (χ4v) is 2.90. The fraction of sp³-hybridized carbons (Fsp3) is 0.125. The highest BCUT2D eigenvalue weighted by atomic mass is 35.5. The van der Waals surface area contributed by atoms with Crippen molar-refractivity contribution >= 4 is 23.5 Å². The summed E-state index contributed by atoms with van der Waals surface area (Å²) in [5, 5.41) is 0.623. The Morgan fingerprint density at radius 1 is 1.00 bits per heavy atom. The molecule has 0 aromatic heterocycles. The Labute approximate surface area is 183 Å². The number of hydrogen-bond acceptors (Lipinski definition) is 4. The van der Waals surface area contributed by atoms with Crippen molar-refractivity contribution in [2.75, 3.05) is 7.11 Å². The standard InChI is InChI=1S/C24H19ClF2O4/c1-29-23-13-3-16(14-18(23)15-30-20-10-6-19(25)7-11-20)2-12-22(28)17-4-8-21(9-5-17)31-24(26)27/h2-14,24H,15H2,1H3/b12-2+. The molecule has 0 aliphatic heterocycles. The van der Waals surface area contributed by atoms with Crippen LogP contribution in [0.1, 0.15) is 21.5 Å². The van der Waals surface area contributed by atoms with E-state index in [0.29, 0.717) is 22.1 Å². The second-order valence-corrected chi connectivity index (χ2v) is 6.85. The lowest BCUT2D eigenvalue weighted by atomic mass is 10.1. The van der Waals surface area contributed by atoms with Gasteiger partial charge in [-0.25, -0.2) is 0 Å². The Morgan fingerprint density at radius 3 is 2.32 bits per heavy atom. The first-order valence-electron chi connectivity index (χ1n) is 9.27. The molecular weight excluding hydrogens is 426 g/mol. The summed E-state index contributed by atoms with van der Waals surface area (Å²) < 4.78 is 39.9. The van der Waals surface area contributed by atoms with E-state index in [1.54, 1.807) is 43.5 Å². The van der Waals surface area contributed by atoms with Gasteiger partial charge in [-0.05, 0) is 72.3 Å². The predicted octanol–water partition coefficient (Wildman–Crippen LogP) is 6.43. The van der Waals surface area contributed by atoms with Crippen LogP contribution in [-0.4, -0.2) is 19.5 Å². The number of methoxy groups -OCH3 is 1. The molecule has 0 spiro atoms. The fourth-order valence-electron chi connectivity index (χ4n) is 2.78. The van der Waals surface area contributed by atoms with Gasteiger partial charge in [-0.1, -0.05) is 23.7 Å². The highest BCUT2D eigenvalue weighted by Crippen LogP contribution is 2.24. The molecule has 4 nitrogen and oxygen atoms in total. The normalized spacial score (nSPS) is 11.0. The number of carbonyl (C=O) groups is 1. The van der Waals surface area contributed by atoms with Gasteiger partial charge in [-0.2, -0.15) is 8.78 Å². The molecule has 0 fully saturated rings. The minimum Gasteiger partial charge on any atom is -0.496 e. The third kappa shape index (κ3) is 6.55. The maximum Gasteiger partial charge on any atom is 0.387 e. The van der Waals surface area contributed by atoms with E-state index in [-0.39, 0.29) is 18.1 Å². The zero-order chi connectivity index (χ0) is 22.2. The quantitative estimate of drug-likeness (QED) is 0.282. The molecule has 0 heterocycles. The average Bonchev–Trinajstić information content (AvgIpc) is 2.77. The van der Waals surface area contributed by atoms with E-state index in [1.165, 1.54) is 30.3 Å². The van der Waals surface area contributed by atoms with Gasteiger partial charge in [-0.15, -0.1) is 0 Å². The van der Waals surface area contributed by atoms with Gasteiger partial charge in [0.1, 0.15) is 23.9 Å². The second-order valence-electron chi connectivity index (χ2n) is 6.41. The van der Waals surface area contributed by atoms with Gasteiger partial charge in [0.05, 0.1) is 7.11 Å². The van der Waals surface area contributed by atoms with Crippen molar-refractivity contribution in [3.63, 3.8) is 0 Å². The summed E-state index contributed by atoms with van der Waals surface area (Å²) in [6.45, 7) is -2.64. The molecule has 0 unspecified atom stereocenters. The summed E-state index contributed by atoms with van der Waals surface area (Å²) in [7, 11) is 1.57. The molecule has 0 aliphatic carbocycles. The maximum absolute atomic E-state index is 12.4. The third-order valence-corrected chi connectivity index (χ3v) is 4.56. The van der Waals surface area contributed by atoms with E-state index in [0.717, 1.165) is 11.1 Å². The Bertz CT molecular complexity index is 1050. The lowest BCUT2D eigenvalue weighted by molar-refractivity contribution is -0.0498. The van der Waals surface area contributed by atoms with Gasteiger partial charge >= 0.3 is 6.61 Å². The van der Waals surface area contributed by atoms with Crippen molar-refractivity contribution < 1.29 is 27.8 Å². The van der Waals surface area contributed by atoms with E-state index >= 15 is 0 Å². The van der Waals surface area contributed by atoms with Crippen molar-refractivity contribution in [2.24, 2.45) is 0 Å². The van der Waals surface area contributed by atoms with Crippen LogP contribution in [0.4, 0.5) is 8.78 Å². The molecule has 0 saturated heterocycles. The lowest BCUT2D eigenvalue weighted by Gasteiger charge is -2.11. The van der Waals surface area contributed by atoms with Crippen molar-refractivity contribution in [1.29, 1.82) is 0 Å². The molecule has 0 aliphatic rings. The first-order valence-corrected chi connectivity index (χ1v) is 9.65. The van der Waals surface area contributed by atoms with Crippen LogP contribution in [0, 0.1) is 0 Å². The van der Waals surface area contributed by atoms with Crippen LogP contribution in [0.3, 0.4) is 0 Å². The van der Waals surface area contributed by atoms with Crippen molar-refractivity contribution in [1.82, 2.24) is 0 Å². The molecule has 3 aromatic carbocycles. The number of allylic oxidation sites excluding steroid dienone is 1. The number of ketones is 1. The van der Waals surface area contributed by atoms with Gasteiger partial charge < -0.3 is 14.2 Å².